The van der Waals surface area contributed by atoms with Crippen LogP contribution in [-0.2, 0) is 12.3 Å². The van der Waals surface area contributed by atoms with Gasteiger partial charge in [0.25, 0.3) is 5.69 Å². The average Bonchev–Trinajstić information content (AvgIpc) is 3.18. The van der Waals surface area contributed by atoms with Crippen molar-refractivity contribution in [1.82, 2.24) is 20.2 Å². The van der Waals surface area contributed by atoms with Gasteiger partial charge < -0.3 is 4.42 Å². The number of hydrogen-bond acceptors (Lipinski definition) is 7. The number of aromatic nitrogens is 4. The zero-order valence-electron chi connectivity index (χ0n) is 11.3. The van der Waals surface area contributed by atoms with Gasteiger partial charge in [-0.2, -0.15) is 0 Å². The second-order valence-electron chi connectivity index (χ2n) is 4.41. The molecule has 2 heterocycles. The molecular formula is C13H11N5O3S. The van der Waals surface area contributed by atoms with Crippen molar-refractivity contribution in [2.24, 2.45) is 0 Å². The molecule has 0 saturated carbocycles. The summed E-state index contributed by atoms with van der Waals surface area (Å²) >= 11 is 1.41. The predicted molar refractivity (Wildman–Crippen MR) is 78.3 cm³/mol. The highest BCUT2D eigenvalue weighted by Crippen LogP contribution is 2.23. The van der Waals surface area contributed by atoms with Gasteiger partial charge in [0.05, 0.1) is 11.2 Å². The lowest BCUT2D eigenvalue weighted by atomic mass is 10.2. The summed E-state index contributed by atoms with van der Waals surface area (Å²) in [5.41, 5.74) is 0.917. The molecule has 0 amide bonds. The van der Waals surface area contributed by atoms with E-state index in [2.05, 4.69) is 15.5 Å². The summed E-state index contributed by atoms with van der Waals surface area (Å²) < 4.78 is 6.89. The van der Waals surface area contributed by atoms with Gasteiger partial charge in [0, 0.05) is 17.9 Å². The third-order valence-electron chi connectivity index (χ3n) is 2.87. The first kappa shape index (κ1) is 14.3. The van der Waals surface area contributed by atoms with Crippen molar-refractivity contribution in [2.45, 2.75) is 17.5 Å². The number of tetrazole rings is 1. The Morgan fingerprint density at radius 2 is 2.23 bits per heavy atom. The Morgan fingerprint density at radius 1 is 1.32 bits per heavy atom. The first-order chi connectivity index (χ1) is 10.7. The largest absolute Gasteiger partial charge is 0.467 e. The fourth-order valence-corrected chi connectivity index (χ4v) is 2.68. The lowest BCUT2D eigenvalue weighted by molar-refractivity contribution is -0.384. The minimum absolute atomic E-state index is 0.0771. The normalized spacial score (nSPS) is 10.7. The molecule has 0 aliphatic heterocycles. The fraction of sp³-hybridized carbons (Fsp3) is 0.154. The molecule has 0 unspecified atom stereocenters. The summed E-state index contributed by atoms with van der Waals surface area (Å²) in [6, 6.07) is 10.2. The van der Waals surface area contributed by atoms with Crippen molar-refractivity contribution >= 4 is 17.4 Å². The predicted octanol–water partition coefficient (Wildman–Crippen LogP) is 2.51. The molecule has 0 saturated heterocycles. The maximum absolute atomic E-state index is 10.8. The second-order valence-corrected chi connectivity index (χ2v) is 5.36. The first-order valence-electron chi connectivity index (χ1n) is 6.37. The lowest BCUT2D eigenvalue weighted by Gasteiger charge is -2.03. The third kappa shape index (κ3) is 3.31. The molecule has 0 fully saturated rings. The van der Waals surface area contributed by atoms with Crippen LogP contribution < -0.4 is 0 Å². The van der Waals surface area contributed by atoms with E-state index >= 15 is 0 Å². The van der Waals surface area contributed by atoms with E-state index in [-0.39, 0.29) is 5.69 Å². The van der Waals surface area contributed by atoms with Crippen LogP contribution in [0.15, 0.2) is 52.2 Å². The van der Waals surface area contributed by atoms with E-state index in [1.165, 1.54) is 17.8 Å². The van der Waals surface area contributed by atoms with Gasteiger partial charge in [-0.05, 0) is 28.1 Å². The van der Waals surface area contributed by atoms with Crippen LogP contribution in [0.2, 0.25) is 0 Å². The van der Waals surface area contributed by atoms with E-state index in [4.69, 9.17) is 4.42 Å². The van der Waals surface area contributed by atoms with Crippen LogP contribution in [0.3, 0.4) is 0 Å². The minimum Gasteiger partial charge on any atom is -0.467 e. The highest BCUT2D eigenvalue weighted by Gasteiger charge is 2.11. The number of hydrogen-bond donors (Lipinski definition) is 0. The average molecular weight is 317 g/mol. The number of rotatable bonds is 6. The second kappa shape index (κ2) is 6.39. The van der Waals surface area contributed by atoms with E-state index in [1.807, 2.05) is 12.1 Å². The van der Waals surface area contributed by atoms with E-state index in [9.17, 15) is 10.1 Å². The first-order valence-corrected chi connectivity index (χ1v) is 7.35. The van der Waals surface area contributed by atoms with Gasteiger partial charge in [-0.25, -0.2) is 4.68 Å². The molecule has 9 heteroatoms. The molecule has 0 N–H and O–H groups in total. The lowest BCUT2D eigenvalue weighted by Crippen LogP contribution is -2.03. The number of nitro groups is 1. The van der Waals surface area contributed by atoms with Crippen LogP contribution in [0.4, 0.5) is 5.69 Å². The quantitative estimate of drug-likeness (QED) is 0.391. The number of non-ortho nitro benzene ring substituents is 1. The summed E-state index contributed by atoms with van der Waals surface area (Å²) in [5.74, 6) is 1.30. The Hall–Kier alpha value is -2.68. The smallest absolute Gasteiger partial charge is 0.269 e. The highest BCUT2D eigenvalue weighted by molar-refractivity contribution is 7.98. The molecule has 0 aliphatic carbocycles. The molecule has 2 aromatic heterocycles. The molecule has 112 valence electrons. The molecule has 0 spiro atoms. The van der Waals surface area contributed by atoms with Gasteiger partial charge in [-0.1, -0.05) is 23.9 Å². The van der Waals surface area contributed by atoms with Gasteiger partial charge in [0.2, 0.25) is 5.16 Å². The molecule has 22 heavy (non-hydrogen) atoms. The molecule has 0 aliphatic rings. The Balaban J connectivity index is 1.68. The molecule has 8 nitrogen and oxygen atoms in total. The summed E-state index contributed by atoms with van der Waals surface area (Å²) in [7, 11) is 0. The van der Waals surface area contributed by atoms with Crippen molar-refractivity contribution in [3.8, 4) is 0 Å². The molecule has 0 bridgehead atoms. The fourth-order valence-electron chi connectivity index (χ4n) is 1.86. The summed E-state index contributed by atoms with van der Waals surface area (Å²) in [4.78, 5) is 10.4. The van der Waals surface area contributed by atoms with Gasteiger partial charge >= 0.3 is 0 Å². The van der Waals surface area contributed by atoms with Crippen LogP contribution in [0.1, 0.15) is 11.3 Å². The van der Waals surface area contributed by atoms with Crippen molar-refractivity contribution < 1.29 is 9.34 Å². The zero-order chi connectivity index (χ0) is 15.4. The molecule has 3 rings (SSSR count). The maximum atomic E-state index is 10.8. The van der Waals surface area contributed by atoms with E-state index in [0.717, 1.165) is 11.3 Å². The van der Waals surface area contributed by atoms with Gasteiger partial charge in [0.1, 0.15) is 12.3 Å². The molecule has 0 atom stereocenters. The Kier molecular flexibility index (Phi) is 4.15. The molecule has 3 aromatic rings. The van der Waals surface area contributed by atoms with E-state index in [1.54, 1.807) is 29.1 Å². The number of benzene rings is 1. The monoisotopic (exact) mass is 317 g/mol. The summed E-state index contributed by atoms with van der Waals surface area (Å²) in [6.07, 6.45) is 1.59. The minimum atomic E-state index is -0.408. The number of thioether (sulfide) groups is 1. The maximum Gasteiger partial charge on any atom is 0.269 e. The third-order valence-corrected chi connectivity index (χ3v) is 3.90. The van der Waals surface area contributed by atoms with E-state index in [0.29, 0.717) is 17.5 Å². The van der Waals surface area contributed by atoms with Crippen molar-refractivity contribution in [2.75, 3.05) is 0 Å². The van der Waals surface area contributed by atoms with Crippen LogP contribution in [0.5, 0.6) is 0 Å². The summed E-state index contributed by atoms with van der Waals surface area (Å²) in [5, 5.41) is 22.9. The van der Waals surface area contributed by atoms with Crippen LogP contribution >= 0.6 is 11.8 Å². The highest BCUT2D eigenvalue weighted by atomic mass is 32.2. The Morgan fingerprint density at radius 3 is 3.00 bits per heavy atom. The number of nitro benzene ring substituents is 1. The Labute approximate surface area is 129 Å². The van der Waals surface area contributed by atoms with Crippen molar-refractivity contribution in [3.63, 3.8) is 0 Å². The van der Waals surface area contributed by atoms with Crippen molar-refractivity contribution in [3.05, 3.63) is 64.1 Å². The van der Waals surface area contributed by atoms with Crippen LogP contribution in [-0.4, -0.2) is 25.1 Å². The summed E-state index contributed by atoms with van der Waals surface area (Å²) in [6.45, 7) is 0.442. The number of nitrogens with zero attached hydrogens (tertiary/aromatic N) is 5. The van der Waals surface area contributed by atoms with Gasteiger partial charge in [-0.15, -0.1) is 5.10 Å². The molecular weight excluding hydrogens is 306 g/mol. The van der Waals surface area contributed by atoms with Gasteiger partial charge in [-0.3, -0.25) is 10.1 Å². The number of furan rings is 1. The zero-order valence-corrected chi connectivity index (χ0v) is 12.1. The standard InChI is InChI=1S/C13H11N5O3S/c19-18(20)11-4-1-3-10(7-11)9-22-13-14-15-16-17(13)8-12-5-2-6-21-12/h1-7H,8-9H2. The van der Waals surface area contributed by atoms with Crippen molar-refractivity contribution in [1.29, 1.82) is 0 Å². The molecule has 1 aromatic carbocycles. The molecule has 0 radical (unpaired) electrons. The van der Waals surface area contributed by atoms with E-state index < -0.39 is 4.92 Å². The topological polar surface area (TPSA) is 99.9 Å². The SMILES string of the molecule is O=[N+]([O-])c1cccc(CSc2nnnn2Cc2ccco2)c1. The van der Waals surface area contributed by atoms with Crippen LogP contribution in [0.25, 0.3) is 0 Å². The van der Waals surface area contributed by atoms with Gasteiger partial charge in [0.15, 0.2) is 0 Å². The Bertz CT molecular complexity index is 772. The van der Waals surface area contributed by atoms with Crippen LogP contribution in [0, 0.1) is 10.1 Å².